The Labute approximate surface area is 115 Å². The summed E-state index contributed by atoms with van der Waals surface area (Å²) in [6, 6.07) is 3.77. The Morgan fingerprint density at radius 3 is 2.65 bits per heavy atom. The fraction of sp³-hybridized carbons (Fsp3) is 0.357. The van der Waals surface area contributed by atoms with Gasteiger partial charge in [-0.25, -0.2) is 4.39 Å². The zero-order valence-corrected chi connectivity index (χ0v) is 11.2. The van der Waals surface area contributed by atoms with Gasteiger partial charge in [-0.15, -0.1) is 0 Å². The van der Waals surface area contributed by atoms with Crippen LogP contribution in [-0.2, 0) is 9.59 Å². The van der Waals surface area contributed by atoms with Crippen LogP contribution in [0.25, 0.3) is 0 Å². The third-order valence-electron chi connectivity index (χ3n) is 3.24. The molecule has 2 amide bonds. The number of methoxy groups -OCH3 is 1. The first-order valence-electron chi connectivity index (χ1n) is 6.15. The predicted molar refractivity (Wildman–Crippen MR) is 67.8 cm³/mol. The van der Waals surface area contributed by atoms with Crippen LogP contribution < -0.4 is 4.74 Å². The number of hydrogen-bond acceptors (Lipinski definition) is 4. The van der Waals surface area contributed by atoms with E-state index in [2.05, 4.69) is 0 Å². The number of ether oxygens (including phenoxy) is 1. The standard InChI is InChI=1S/C14H14FNO4/c1-8-5-13(18)16(14(8)19)7-11(17)9-3-4-12(20-2)10(15)6-9/h3-4,6,8H,5,7H2,1-2H3. The maximum Gasteiger partial charge on any atom is 0.232 e. The van der Waals surface area contributed by atoms with Crippen molar-refractivity contribution >= 4 is 17.6 Å². The second-order valence-corrected chi connectivity index (χ2v) is 4.70. The number of hydrogen-bond donors (Lipinski definition) is 0. The molecule has 1 heterocycles. The second-order valence-electron chi connectivity index (χ2n) is 4.70. The zero-order chi connectivity index (χ0) is 14.9. The number of likely N-dealkylation sites (tertiary alicyclic amines) is 1. The highest BCUT2D eigenvalue weighted by Gasteiger charge is 2.36. The monoisotopic (exact) mass is 279 g/mol. The average Bonchev–Trinajstić information content (AvgIpc) is 2.65. The van der Waals surface area contributed by atoms with Gasteiger partial charge in [-0.3, -0.25) is 19.3 Å². The van der Waals surface area contributed by atoms with Crippen LogP contribution in [0, 0.1) is 11.7 Å². The van der Waals surface area contributed by atoms with Gasteiger partial charge in [0.1, 0.15) is 0 Å². The lowest BCUT2D eigenvalue weighted by atomic mass is 10.1. The van der Waals surface area contributed by atoms with Crippen molar-refractivity contribution in [2.24, 2.45) is 5.92 Å². The van der Waals surface area contributed by atoms with Crippen LogP contribution in [0.3, 0.4) is 0 Å². The summed E-state index contributed by atoms with van der Waals surface area (Å²) in [6.45, 7) is 1.28. The van der Waals surface area contributed by atoms with E-state index in [4.69, 9.17) is 4.74 Å². The number of amides is 2. The first-order chi connectivity index (χ1) is 9.43. The molecular formula is C14H14FNO4. The maximum absolute atomic E-state index is 13.5. The quantitative estimate of drug-likeness (QED) is 0.617. The van der Waals surface area contributed by atoms with E-state index in [0.29, 0.717) is 0 Å². The van der Waals surface area contributed by atoms with Crippen LogP contribution in [0.5, 0.6) is 5.75 Å². The normalized spacial score (nSPS) is 18.6. The van der Waals surface area contributed by atoms with E-state index < -0.39 is 17.5 Å². The van der Waals surface area contributed by atoms with Crippen molar-refractivity contribution in [2.45, 2.75) is 13.3 Å². The molecule has 0 aliphatic carbocycles. The molecule has 1 aromatic carbocycles. The zero-order valence-electron chi connectivity index (χ0n) is 11.2. The van der Waals surface area contributed by atoms with Crippen molar-refractivity contribution in [1.82, 2.24) is 4.90 Å². The maximum atomic E-state index is 13.5. The third kappa shape index (κ3) is 2.54. The Balaban J connectivity index is 2.15. The summed E-state index contributed by atoms with van der Waals surface area (Å²) >= 11 is 0. The van der Waals surface area contributed by atoms with E-state index in [0.717, 1.165) is 11.0 Å². The van der Waals surface area contributed by atoms with Gasteiger partial charge < -0.3 is 4.74 Å². The molecule has 1 aliphatic heterocycles. The third-order valence-corrected chi connectivity index (χ3v) is 3.24. The molecule has 1 aromatic rings. The fourth-order valence-corrected chi connectivity index (χ4v) is 2.09. The summed E-state index contributed by atoms with van der Waals surface area (Å²) in [5.74, 6) is -2.25. The van der Waals surface area contributed by atoms with Crippen molar-refractivity contribution in [3.63, 3.8) is 0 Å². The first-order valence-corrected chi connectivity index (χ1v) is 6.15. The lowest BCUT2D eigenvalue weighted by molar-refractivity contribution is -0.138. The van der Waals surface area contributed by atoms with Crippen molar-refractivity contribution in [3.8, 4) is 5.75 Å². The molecular weight excluding hydrogens is 265 g/mol. The molecule has 0 spiro atoms. The molecule has 20 heavy (non-hydrogen) atoms. The highest BCUT2D eigenvalue weighted by molar-refractivity contribution is 6.08. The molecule has 1 aliphatic rings. The van der Waals surface area contributed by atoms with Gasteiger partial charge >= 0.3 is 0 Å². The van der Waals surface area contributed by atoms with E-state index in [1.165, 1.54) is 19.2 Å². The van der Waals surface area contributed by atoms with Gasteiger partial charge in [0, 0.05) is 17.9 Å². The number of imide groups is 1. The number of Topliss-reactive ketones (excluding diaryl/α,β-unsaturated/α-hetero) is 1. The minimum absolute atomic E-state index is 0.0310. The topological polar surface area (TPSA) is 63.7 Å². The number of ketones is 1. The van der Waals surface area contributed by atoms with E-state index in [-0.39, 0.29) is 36.1 Å². The van der Waals surface area contributed by atoms with Crippen molar-refractivity contribution in [2.75, 3.05) is 13.7 Å². The lowest BCUT2D eigenvalue weighted by Crippen LogP contribution is -2.35. The fourth-order valence-electron chi connectivity index (χ4n) is 2.09. The molecule has 0 bridgehead atoms. The highest BCUT2D eigenvalue weighted by Crippen LogP contribution is 2.21. The van der Waals surface area contributed by atoms with Crippen LogP contribution >= 0.6 is 0 Å². The Morgan fingerprint density at radius 1 is 1.45 bits per heavy atom. The Bertz CT molecular complexity index is 585. The minimum atomic E-state index is -0.661. The van der Waals surface area contributed by atoms with Crippen LogP contribution in [0.15, 0.2) is 18.2 Å². The Kier molecular flexibility index (Phi) is 3.83. The summed E-state index contributed by atoms with van der Waals surface area (Å²) in [6.07, 6.45) is 0.114. The molecule has 1 saturated heterocycles. The summed E-state index contributed by atoms with van der Waals surface area (Å²) in [7, 11) is 1.32. The van der Waals surface area contributed by atoms with Gasteiger partial charge in [-0.05, 0) is 18.2 Å². The van der Waals surface area contributed by atoms with Crippen molar-refractivity contribution in [3.05, 3.63) is 29.6 Å². The molecule has 1 unspecified atom stereocenters. The first kappa shape index (κ1) is 14.2. The molecule has 0 saturated carbocycles. The predicted octanol–water partition coefficient (Wildman–Crippen LogP) is 1.41. The molecule has 0 aromatic heterocycles. The molecule has 5 nitrogen and oxygen atoms in total. The van der Waals surface area contributed by atoms with E-state index >= 15 is 0 Å². The number of rotatable bonds is 4. The Morgan fingerprint density at radius 2 is 2.15 bits per heavy atom. The van der Waals surface area contributed by atoms with Crippen LogP contribution in [-0.4, -0.2) is 36.2 Å². The van der Waals surface area contributed by atoms with Gasteiger partial charge in [-0.2, -0.15) is 0 Å². The van der Waals surface area contributed by atoms with Crippen molar-refractivity contribution < 1.29 is 23.5 Å². The van der Waals surface area contributed by atoms with E-state index in [1.807, 2.05) is 0 Å². The van der Waals surface area contributed by atoms with Gasteiger partial charge in [-0.1, -0.05) is 6.92 Å². The second kappa shape index (κ2) is 5.40. The van der Waals surface area contributed by atoms with E-state index in [9.17, 15) is 18.8 Å². The highest BCUT2D eigenvalue weighted by atomic mass is 19.1. The largest absolute Gasteiger partial charge is 0.494 e. The molecule has 1 atom stereocenters. The minimum Gasteiger partial charge on any atom is -0.494 e. The summed E-state index contributed by atoms with van der Waals surface area (Å²) < 4.78 is 18.3. The molecule has 6 heteroatoms. The summed E-state index contributed by atoms with van der Waals surface area (Å²) in [5, 5.41) is 0. The van der Waals surface area contributed by atoms with Gasteiger partial charge in [0.25, 0.3) is 0 Å². The van der Waals surface area contributed by atoms with Crippen LogP contribution in [0.4, 0.5) is 4.39 Å². The average molecular weight is 279 g/mol. The van der Waals surface area contributed by atoms with Crippen LogP contribution in [0.2, 0.25) is 0 Å². The number of benzene rings is 1. The van der Waals surface area contributed by atoms with Crippen molar-refractivity contribution in [1.29, 1.82) is 0 Å². The molecule has 1 fully saturated rings. The summed E-state index contributed by atoms with van der Waals surface area (Å²) in [5.41, 5.74) is 0.100. The van der Waals surface area contributed by atoms with Crippen LogP contribution in [0.1, 0.15) is 23.7 Å². The van der Waals surface area contributed by atoms with E-state index in [1.54, 1.807) is 6.92 Å². The van der Waals surface area contributed by atoms with Gasteiger partial charge in [0.2, 0.25) is 11.8 Å². The molecule has 106 valence electrons. The SMILES string of the molecule is COc1ccc(C(=O)CN2C(=O)CC(C)C2=O)cc1F. The number of carbonyl (C=O) groups excluding carboxylic acids is 3. The number of halogens is 1. The van der Waals surface area contributed by atoms with Gasteiger partial charge in [0.15, 0.2) is 17.3 Å². The molecule has 0 radical (unpaired) electrons. The molecule has 0 N–H and O–H groups in total. The number of carbonyl (C=O) groups is 3. The summed E-state index contributed by atoms with van der Waals surface area (Å²) in [4.78, 5) is 36.2. The smallest absolute Gasteiger partial charge is 0.232 e. The van der Waals surface area contributed by atoms with Gasteiger partial charge in [0.05, 0.1) is 13.7 Å². The number of nitrogens with zero attached hydrogens (tertiary/aromatic N) is 1. The molecule has 2 rings (SSSR count). The lowest BCUT2D eigenvalue weighted by Gasteiger charge is -2.13. The Hall–Kier alpha value is -2.24.